The van der Waals surface area contributed by atoms with E-state index in [2.05, 4.69) is 34.6 Å². The topological polar surface area (TPSA) is 35.2 Å². The molecule has 2 nitrogen and oxygen atoms in total. The molecule has 1 heterocycles. The van der Waals surface area contributed by atoms with Gasteiger partial charge in [-0.3, -0.25) is 0 Å². The second-order valence-corrected chi connectivity index (χ2v) is 6.70. The molecule has 1 aliphatic heterocycles. The van der Waals surface area contributed by atoms with Crippen molar-refractivity contribution in [1.29, 1.82) is 0 Å². The summed E-state index contributed by atoms with van der Waals surface area (Å²) in [7, 11) is 0. The summed E-state index contributed by atoms with van der Waals surface area (Å²) in [5.41, 5.74) is 5.78. The van der Waals surface area contributed by atoms with Crippen LogP contribution in [-0.4, -0.2) is 28.2 Å². The molecule has 2 unspecified atom stereocenters. The average Bonchev–Trinajstić information content (AvgIpc) is 2.14. The first kappa shape index (κ1) is 12.3. The number of thioether (sulfide) groups is 1. The standard InChI is InChI=1S/C11H23NOS/c1-8(12)7-14-9-6-10(2,3)13-11(9,4)5/h8-9H,6-7,12H2,1-5H3. The molecular formula is C11H23NOS. The van der Waals surface area contributed by atoms with Crippen LogP contribution >= 0.6 is 11.8 Å². The number of nitrogens with two attached hydrogens (primary N) is 1. The van der Waals surface area contributed by atoms with Crippen molar-refractivity contribution in [1.82, 2.24) is 0 Å². The molecule has 0 bridgehead atoms. The van der Waals surface area contributed by atoms with E-state index in [-0.39, 0.29) is 17.2 Å². The summed E-state index contributed by atoms with van der Waals surface area (Å²) in [5, 5.41) is 0.573. The Hall–Kier alpha value is 0.270. The van der Waals surface area contributed by atoms with Crippen molar-refractivity contribution in [3.8, 4) is 0 Å². The van der Waals surface area contributed by atoms with Crippen molar-refractivity contribution in [2.24, 2.45) is 5.73 Å². The normalized spacial score (nSPS) is 31.7. The molecule has 1 rings (SSSR count). The first-order valence-electron chi connectivity index (χ1n) is 5.30. The minimum Gasteiger partial charge on any atom is -0.369 e. The van der Waals surface area contributed by atoms with Gasteiger partial charge in [0.05, 0.1) is 11.2 Å². The van der Waals surface area contributed by atoms with Gasteiger partial charge in [0.2, 0.25) is 0 Å². The summed E-state index contributed by atoms with van der Waals surface area (Å²) < 4.78 is 6.02. The van der Waals surface area contributed by atoms with E-state index in [9.17, 15) is 0 Å². The van der Waals surface area contributed by atoms with Crippen LogP contribution in [0.2, 0.25) is 0 Å². The Bertz CT molecular complexity index is 201. The van der Waals surface area contributed by atoms with Gasteiger partial charge in [-0.15, -0.1) is 0 Å². The van der Waals surface area contributed by atoms with E-state index in [1.807, 2.05) is 11.8 Å². The Kier molecular flexibility index (Phi) is 3.55. The SMILES string of the molecule is CC(N)CSC1CC(C)(C)OC1(C)C. The van der Waals surface area contributed by atoms with Gasteiger partial charge in [-0.05, 0) is 41.0 Å². The Morgan fingerprint density at radius 2 is 2.00 bits per heavy atom. The number of rotatable bonds is 3. The van der Waals surface area contributed by atoms with Gasteiger partial charge < -0.3 is 10.5 Å². The van der Waals surface area contributed by atoms with Crippen molar-refractivity contribution in [2.75, 3.05) is 5.75 Å². The summed E-state index contributed by atoms with van der Waals surface area (Å²) in [6.45, 7) is 10.8. The third kappa shape index (κ3) is 3.14. The monoisotopic (exact) mass is 217 g/mol. The van der Waals surface area contributed by atoms with Crippen LogP contribution in [0.25, 0.3) is 0 Å². The van der Waals surface area contributed by atoms with Gasteiger partial charge in [0.1, 0.15) is 0 Å². The van der Waals surface area contributed by atoms with Gasteiger partial charge in [0, 0.05) is 17.0 Å². The lowest BCUT2D eigenvalue weighted by atomic mass is 10.0. The molecule has 2 N–H and O–H groups in total. The van der Waals surface area contributed by atoms with Crippen LogP contribution in [0.5, 0.6) is 0 Å². The third-order valence-electron chi connectivity index (χ3n) is 2.55. The van der Waals surface area contributed by atoms with Crippen LogP contribution in [0, 0.1) is 0 Å². The minimum absolute atomic E-state index is 0.0109. The second kappa shape index (κ2) is 4.03. The van der Waals surface area contributed by atoms with Crippen LogP contribution in [0.3, 0.4) is 0 Å². The quantitative estimate of drug-likeness (QED) is 0.788. The zero-order valence-electron chi connectivity index (χ0n) is 9.96. The van der Waals surface area contributed by atoms with Crippen LogP contribution < -0.4 is 5.73 Å². The van der Waals surface area contributed by atoms with E-state index in [0.717, 1.165) is 12.2 Å². The van der Waals surface area contributed by atoms with E-state index in [1.165, 1.54) is 0 Å². The highest BCUT2D eigenvalue weighted by Crippen LogP contribution is 2.43. The maximum atomic E-state index is 6.02. The van der Waals surface area contributed by atoms with Crippen molar-refractivity contribution in [2.45, 2.75) is 63.5 Å². The fourth-order valence-electron chi connectivity index (χ4n) is 2.04. The lowest BCUT2D eigenvalue weighted by Gasteiger charge is -2.27. The van der Waals surface area contributed by atoms with Gasteiger partial charge in [0.25, 0.3) is 0 Å². The molecule has 0 aromatic heterocycles. The van der Waals surface area contributed by atoms with Gasteiger partial charge >= 0.3 is 0 Å². The molecule has 84 valence electrons. The summed E-state index contributed by atoms with van der Waals surface area (Å²) in [6.07, 6.45) is 1.12. The van der Waals surface area contributed by atoms with Crippen molar-refractivity contribution < 1.29 is 4.74 Å². The van der Waals surface area contributed by atoms with Crippen LogP contribution in [0.1, 0.15) is 41.0 Å². The summed E-state index contributed by atoms with van der Waals surface area (Å²) in [6, 6.07) is 0.277. The molecule has 1 fully saturated rings. The van der Waals surface area contributed by atoms with Crippen molar-refractivity contribution in [3.63, 3.8) is 0 Å². The molecule has 0 aliphatic carbocycles. The van der Waals surface area contributed by atoms with Crippen LogP contribution in [0.15, 0.2) is 0 Å². The second-order valence-electron chi connectivity index (χ2n) is 5.47. The number of ether oxygens (including phenoxy) is 1. The lowest BCUT2D eigenvalue weighted by molar-refractivity contribution is -0.0631. The molecule has 0 radical (unpaired) electrons. The summed E-state index contributed by atoms with van der Waals surface area (Å²) >= 11 is 1.95. The zero-order valence-corrected chi connectivity index (χ0v) is 10.8. The Morgan fingerprint density at radius 1 is 1.43 bits per heavy atom. The molecule has 1 aliphatic rings. The fraction of sp³-hybridized carbons (Fsp3) is 1.00. The van der Waals surface area contributed by atoms with E-state index in [4.69, 9.17) is 10.5 Å². The zero-order chi connectivity index (χ0) is 11.0. The molecule has 2 atom stereocenters. The molecular weight excluding hydrogens is 194 g/mol. The highest BCUT2D eigenvalue weighted by atomic mass is 32.2. The number of hydrogen-bond donors (Lipinski definition) is 1. The largest absolute Gasteiger partial charge is 0.369 e. The van der Waals surface area contributed by atoms with Gasteiger partial charge in [-0.25, -0.2) is 0 Å². The van der Waals surface area contributed by atoms with Crippen molar-refractivity contribution in [3.05, 3.63) is 0 Å². The number of hydrogen-bond acceptors (Lipinski definition) is 3. The Morgan fingerprint density at radius 3 is 2.36 bits per heavy atom. The minimum atomic E-state index is -0.0109. The fourth-order valence-corrected chi connectivity index (χ4v) is 3.54. The molecule has 0 aromatic carbocycles. The molecule has 14 heavy (non-hydrogen) atoms. The molecule has 3 heteroatoms. The lowest BCUT2D eigenvalue weighted by Crippen LogP contribution is -2.32. The van der Waals surface area contributed by atoms with E-state index >= 15 is 0 Å². The summed E-state index contributed by atoms with van der Waals surface area (Å²) in [4.78, 5) is 0. The predicted octanol–water partition coefficient (Wildman–Crippen LogP) is 2.41. The maximum absolute atomic E-state index is 6.02. The van der Waals surface area contributed by atoms with Crippen LogP contribution in [-0.2, 0) is 4.74 Å². The van der Waals surface area contributed by atoms with Gasteiger partial charge in [-0.2, -0.15) is 11.8 Å². The molecule has 0 aromatic rings. The van der Waals surface area contributed by atoms with E-state index in [0.29, 0.717) is 5.25 Å². The van der Waals surface area contributed by atoms with Gasteiger partial charge in [-0.1, -0.05) is 0 Å². The Labute approximate surface area is 92.0 Å². The Balaban J connectivity index is 2.53. The first-order chi connectivity index (χ1) is 6.23. The van der Waals surface area contributed by atoms with Crippen LogP contribution in [0.4, 0.5) is 0 Å². The molecule has 1 saturated heterocycles. The van der Waals surface area contributed by atoms with Crippen molar-refractivity contribution >= 4 is 11.8 Å². The average molecular weight is 217 g/mol. The highest BCUT2D eigenvalue weighted by molar-refractivity contribution is 8.00. The highest BCUT2D eigenvalue weighted by Gasteiger charge is 2.45. The molecule has 0 amide bonds. The van der Waals surface area contributed by atoms with E-state index in [1.54, 1.807) is 0 Å². The van der Waals surface area contributed by atoms with Gasteiger partial charge in [0.15, 0.2) is 0 Å². The molecule has 0 spiro atoms. The smallest absolute Gasteiger partial charge is 0.0752 e. The third-order valence-corrected chi connectivity index (χ3v) is 4.41. The maximum Gasteiger partial charge on any atom is 0.0752 e. The first-order valence-corrected chi connectivity index (χ1v) is 6.35. The molecule has 0 saturated carbocycles. The van der Waals surface area contributed by atoms with E-state index < -0.39 is 0 Å². The summed E-state index contributed by atoms with van der Waals surface area (Å²) in [5.74, 6) is 1.02. The predicted molar refractivity (Wildman–Crippen MR) is 63.8 cm³/mol.